The summed E-state index contributed by atoms with van der Waals surface area (Å²) in [7, 11) is 0. The number of aryl methyl sites for hydroxylation is 1. The van der Waals surface area contributed by atoms with Gasteiger partial charge in [0.25, 0.3) is 5.91 Å². The summed E-state index contributed by atoms with van der Waals surface area (Å²) < 4.78 is 13.5. The van der Waals surface area contributed by atoms with Crippen LogP contribution in [0.25, 0.3) is 0 Å². The highest BCUT2D eigenvalue weighted by Crippen LogP contribution is 2.42. The first-order valence-corrected chi connectivity index (χ1v) is 6.80. The highest BCUT2D eigenvalue weighted by Gasteiger charge is 2.52. The van der Waals surface area contributed by atoms with Gasteiger partial charge in [-0.05, 0) is 56.4 Å². The van der Waals surface area contributed by atoms with Gasteiger partial charge in [0.1, 0.15) is 17.9 Å². The Kier molecular flexibility index (Phi) is 2.81. The van der Waals surface area contributed by atoms with Crippen molar-refractivity contribution in [3.05, 3.63) is 29.6 Å². The van der Waals surface area contributed by atoms with Crippen molar-refractivity contribution in [1.82, 2.24) is 5.32 Å². The number of halogens is 1. The molecule has 0 bridgehead atoms. The lowest BCUT2D eigenvalue weighted by Gasteiger charge is -2.40. The summed E-state index contributed by atoms with van der Waals surface area (Å²) in [5.41, 5.74) is 0.330. The van der Waals surface area contributed by atoms with Crippen molar-refractivity contribution in [3.63, 3.8) is 0 Å². The fraction of sp³-hybridized carbons (Fsp3) is 0.467. The zero-order valence-corrected chi connectivity index (χ0v) is 11.6. The molecule has 0 radical (unpaired) electrons. The van der Waals surface area contributed by atoms with E-state index in [4.69, 9.17) is 0 Å². The molecular formula is C15H17FN2O2. The molecule has 1 aromatic carbocycles. The van der Waals surface area contributed by atoms with E-state index in [2.05, 4.69) is 5.32 Å². The van der Waals surface area contributed by atoms with E-state index in [1.807, 2.05) is 0 Å². The summed E-state index contributed by atoms with van der Waals surface area (Å²) in [4.78, 5) is 26.0. The quantitative estimate of drug-likeness (QED) is 0.895. The van der Waals surface area contributed by atoms with Gasteiger partial charge < -0.3 is 10.2 Å². The van der Waals surface area contributed by atoms with Crippen LogP contribution in [0.3, 0.4) is 0 Å². The number of anilines is 1. The smallest absolute Gasteiger partial charge is 0.253 e. The van der Waals surface area contributed by atoms with Gasteiger partial charge in [-0.2, -0.15) is 0 Å². The number of nitrogens with one attached hydrogen (secondary N) is 1. The molecule has 106 valence electrons. The molecule has 1 aliphatic carbocycles. The first-order valence-electron chi connectivity index (χ1n) is 6.80. The maximum Gasteiger partial charge on any atom is 0.253 e. The molecule has 2 aliphatic rings. The van der Waals surface area contributed by atoms with Crippen molar-refractivity contribution in [1.29, 1.82) is 0 Å². The van der Waals surface area contributed by atoms with E-state index in [0.29, 0.717) is 5.69 Å². The van der Waals surface area contributed by atoms with Crippen molar-refractivity contribution in [3.8, 4) is 0 Å². The molecule has 3 rings (SSSR count). The number of carbonyl (C=O) groups excluding carboxylic acids is 2. The van der Waals surface area contributed by atoms with Crippen molar-refractivity contribution in [2.75, 3.05) is 11.4 Å². The molecule has 1 unspecified atom stereocenters. The minimum atomic E-state index is -0.852. The van der Waals surface area contributed by atoms with Crippen molar-refractivity contribution >= 4 is 17.5 Å². The van der Waals surface area contributed by atoms with Crippen LogP contribution in [0.1, 0.15) is 25.3 Å². The van der Waals surface area contributed by atoms with Crippen molar-refractivity contribution in [2.45, 2.75) is 32.2 Å². The molecule has 1 saturated carbocycles. The number of nitrogens with zero attached hydrogens (tertiary/aromatic N) is 1. The van der Waals surface area contributed by atoms with Gasteiger partial charge in [0, 0.05) is 5.69 Å². The Labute approximate surface area is 117 Å². The van der Waals surface area contributed by atoms with E-state index in [9.17, 15) is 14.0 Å². The lowest BCUT2D eigenvalue weighted by molar-refractivity contribution is -0.136. The zero-order valence-electron chi connectivity index (χ0n) is 11.6. The fourth-order valence-electron chi connectivity index (χ4n) is 2.90. The summed E-state index contributed by atoms with van der Waals surface area (Å²) in [6.45, 7) is 3.48. The summed E-state index contributed by atoms with van der Waals surface area (Å²) in [6.07, 6.45) is 1.89. The minimum absolute atomic E-state index is 0.0516. The van der Waals surface area contributed by atoms with Crippen LogP contribution < -0.4 is 10.2 Å². The van der Waals surface area contributed by atoms with Crippen LogP contribution in [0.2, 0.25) is 0 Å². The second-order valence-electron chi connectivity index (χ2n) is 5.90. The maximum atomic E-state index is 13.5. The topological polar surface area (TPSA) is 49.4 Å². The number of amides is 2. The average Bonchev–Trinajstić information content (AvgIpc) is 3.16. The summed E-state index contributed by atoms with van der Waals surface area (Å²) in [6, 6.07) is 4.43. The molecular weight excluding hydrogens is 259 g/mol. The predicted octanol–water partition coefficient (Wildman–Crippen LogP) is 1.77. The van der Waals surface area contributed by atoms with E-state index in [0.717, 1.165) is 18.4 Å². The molecule has 2 amide bonds. The highest BCUT2D eigenvalue weighted by molar-refractivity contribution is 6.09. The maximum absolute atomic E-state index is 13.5. The van der Waals surface area contributed by atoms with Crippen molar-refractivity contribution < 1.29 is 14.0 Å². The van der Waals surface area contributed by atoms with Gasteiger partial charge in [-0.25, -0.2) is 4.39 Å². The summed E-state index contributed by atoms with van der Waals surface area (Å²) >= 11 is 0. The van der Waals surface area contributed by atoms with E-state index in [1.54, 1.807) is 19.9 Å². The van der Waals surface area contributed by atoms with Crippen LogP contribution in [0.4, 0.5) is 10.1 Å². The van der Waals surface area contributed by atoms with Gasteiger partial charge in [0.15, 0.2) is 0 Å². The second-order valence-corrected chi connectivity index (χ2v) is 5.90. The third-order valence-corrected chi connectivity index (χ3v) is 4.12. The van der Waals surface area contributed by atoms with Gasteiger partial charge in [-0.15, -0.1) is 0 Å². The average molecular weight is 276 g/mol. The summed E-state index contributed by atoms with van der Waals surface area (Å²) in [5.74, 6) is -0.547. The van der Waals surface area contributed by atoms with E-state index >= 15 is 0 Å². The Bertz CT molecular complexity index is 577. The van der Waals surface area contributed by atoms with Gasteiger partial charge in [0.05, 0.1) is 0 Å². The van der Waals surface area contributed by atoms with Gasteiger partial charge in [0.2, 0.25) is 5.91 Å². The van der Waals surface area contributed by atoms with Crippen molar-refractivity contribution in [2.24, 2.45) is 5.92 Å². The molecule has 4 nitrogen and oxygen atoms in total. The Morgan fingerprint density at radius 1 is 1.30 bits per heavy atom. The number of benzene rings is 1. The molecule has 0 spiro atoms. The van der Waals surface area contributed by atoms with Gasteiger partial charge >= 0.3 is 0 Å². The summed E-state index contributed by atoms with van der Waals surface area (Å²) in [5, 5.41) is 2.81. The molecule has 1 atom stereocenters. The number of rotatable bonds is 2. The minimum Gasteiger partial charge on any atom is -0.340 e. The lowest BCUT2D eigenvalue weighted by atomic mass is 9.91. The second kappa shape index (κ2) is 4.30. The zero-order chi connectivity index (χ0) is 14.5. The van der Waals surface area contributed by atoms with E-state index < -0.39 is 11.4 Å². The monoisotopic (exact) mass is 276 g/mol. The molecule has 5 heteroatoms. The van der Waals surface area contributed by atoms with Crippen LogP contribution in [0.15, 0.2) is 18.2 Å². The van der Waals surface area contributed by atoms with Crippen LogP contribution >= 0.6 is 0 Å². The standard InChI is InChI=1S/C15H17FN2O2/c1-9-5-11(16)7-12(6-9)18-8-13(19)17-15(2,14(18)20)10-3-4-10/h5-7,10H,3-4,8H2,1-2H3,(H,17,19). The fourth-order valence-corrected chi connectivity index (χ4v) is 2.90. The molecule has 1 heterocycles. The first-order chi connectivity index (χ1) is 9.40. The Morgan fingerprint density at radius 2 is 2.00 bits per heavy atom. The largest absolute Gasteiger partial charge is 0.340 e. The van der Waals surface area contributed by atoms with E-state index in [-0.39, 0.29) is 24.3 Å². The number of piperazine rings is 1. The molecule has 20 heavy (non-hydrogen) atoms. The van der Waals surface area contributed by atoms with Crippen LogP contribution in [-0.4, -0.2) is 23.9 Å². The van der Waals surface area contributed by atoms with E-state index in [1.165, 1.54) is 17.0 Å². The van der Waals surface area contributed by atoms with Crippen LogP contribution in [-0.2, 0) is 9.59 Å². The third kappa shape index (κ3) is 2.07. The predicted molar refractivity (Wildman–Crippen MR) is 72.8 cm³/mol. The van der Waals surface area contributed by atoms with Gasteiger partial charge in [-0.1, -0.05) is 0 Å². The third-order valence-electron chi connectivity index (χ3n) is 4.12. The highest BCUT2D eigenvalue weighted by atomic mass is 19.1. The molecule has 1 N–H and O–H groups in total. The first kappa shape index (κ1) is 13.1. The SMILES string of the molecule is Cc1cc(F)cc(N2CC(=O)NC(C)(C3CC3)C2=O)c1. The van der Waals surface area contributed by atoms with Crippen LogP contribution in [0.5, 0.6) is 0 Å². The Hall–Kier alpha value is -1.91. The number of carbonyl (C=O) groups is 2. The normalized spacial score (nSPS) is 26.6. The molecule has 1 aliphatic heterocycles. The Balaban J connectivity index is 1.99. The molecule has 1 saturated heterocycles. The number of hydrogen-bond acceptors (Lipinski definition) is 2. The molecule has 2 fully saturated rings. The number of hydrogen-bond donors (Lipinski definition) is 1. The van der Waals surface area contributed by atoms with Gasteiger partial charge in [-0.3, -0.25) is 9.59 Å². The lowest BCUT2D eigenvalue weighted by Crippen LogP contribution is -2.66. The van der Waals surface area contributed by atoms with Crippen LogP contribution in [0, 0.1) is 18.7 Å². The Morgan fingerprint density at radius 3 is 2.60 bits per heavy atom. The molecule has 1 aromatic rings. The molecule has 0 aromatic heterocycles.